The lowest BCUT2D eigenvalue weighted by Gasteiger charge is -2.20. The van der Waals surface area contributed by atoms with Gasteiger partial charge in [0.15, 0.2) is 0 Å². The number of hydrogen-bond acceptors (Lipinski definition) is 5. The quantitative estimate of drug-likeness (QED) is 0.494. The fourth-order valence-electron chi connectivity index (χ4n) is 3.93. The second-order valence-electron chi connectivity index (χ2n) is 9.72. The minimum atomic E-state index is -1.12. The molecule has 0 radical (unpaired) electrons. The molecule has 4 rings (SSSR count). The summed E-state index contributed by atoms with van der Waals surface area (Å²) in [4.78, 5) is 40.5. The van der Waals surface area contributed by atoms with Crippen LogP contribution in [0.1, 0.15) is 50.5 Å². The lowest BCUT2D eigenvalue weighted by Crippen LogP contribution is -2.26. The maximum atomic E-state index is 13.2. The average molecular weight is 484 g/mol. The lowest BCUT2D eigenvalue weighted by molar-refractivity contribution is -0.152. The molecule has 36 heavy (non-hydrogen) atoms. The lowest BCUT2D eigenvalue weighted by atomic mass is 9.86. The summed E-state index contributed by atoms with van der Waals surface area (Å²) in [6, 6.07) is 22.7. The molecule has 0 spiro atoms. The van der Waals surface area contributed by atoms with Crippen LogP contribution in [0.5, 0.6) is 0 Å². The molecule has 2 amide bonds. The second-order valence-corrected chi connectivity index (χ2v) is 9.72. The molecule has 7 nitrogen and oxygen atoms in total. The number of amides is 2. The highest BCUT2D eigenvalue weighted by Gasteiger charge is 2.25. The van der Waals surface area contributed by atoms with Crippen molar-refractivity contribution < 1.29 is 19.1 Å². The molecular formula is C29H29N3O4. The Hall–Kier alpha value is -4.26. The van der Waals surface area contributed by atoms with E-state index in [0.717, 1.165) is 16.7 Å². The zero-order valence-electron chi connectivity index (χ0n) is 20.8. The number of carbonyl (C=O) groups is 3. The molecule has 2 N–H and O–H groups in total. The number of nitrogens with zero attached hydrogens (tertiary/aromatic N) is 1. The Labute approximate surface area is 210 Å². The van der Waals surface area contributed by atoms with E-state index in [9.17, 15) is 14.4 Å². The number of nitrogens with one attached hydrogen (secondary N) is 2. The number of esters is 1. The van der Waals surface area contributed by atoms with Gasteiger partial charge in [-0.1, -0.05) is 63.2 Å². The molecule has 0 fully saturated rings. The first kappa shape index (κ1) is 24.9. The van der Waals surface area contributed by atoms with Crippen molar-refractivity contribution >= 4 is 29.3 Å². The largest absolute Gasteiger partial charge is 0.447 e. The van der Waals surface area contributed by atoms with Gasteiger partial charge in [0.1, 0.15) is 12.4 Å². The fourth-order valence-corrected chi connectivity index (χ4v) is 3.93. The SMILES string of the molecule is CC(=O)OC(C(=O)Nc1ccc(C2=NCC(=O)N2)cc1)c1cccc(-c2ccc(C(C)(C)C)cc2)c1. The second kappa shape index (κ2) is 10.2. The van der Waals surface area contributed by atoms with E-state index >= 15 is 0 Å². The van der Waals surface area contributed by atoms with E-state index in [4.69, 9.17) is 4.74 Å². The minimum Gasteiger partial charge on any atom is -0.447 e. The van der Waals surface area contributed by atoms with E-state index in [-0.39, 0.29) is 17.9 Å². The molecule has 1 heterocycles. The molecule has 0 saturated carbocycles. The molecule has 1 aliphatic heterocycles. The highest BCUT2D eigenvalue weighted by Crippen LogP contribution is 2.29. The Morgan fingerprint density at radius 2 is 1.61 bits per heavy atom. The van der Waals surface area contributed by atoms with Crippen molar-refractivity contribution in [2.24, 2.45) is 4.99 Å². The summed E-state index contributed by atoms with van der Waals surface area (Å²) in [5.41, 5.74) is 5.04. The Bertz CT molecular complexity index is 1320. The molecule has 0 aliphatic carbocycles. The van der Waals surface area contributed by atoms with E-state index in [1.165, 1.54) is 12.5 Å². The van der Waals surface area contributed by atoms with Gasteiger partial charge in [-0.3, -0.25) is 19.4 Å². The van der Waals surface area contributed by atoms with Gasteiger partial charge in [0.25, 0.3) is 5.91 Å². The van der Waals surface area contributed by atoms with Crippen molar-refractivity contribution in [3.05, 3.63) is 89.5 Å². The maximum Gasteiger partial charge on any atom is 0.303 e. The van der Waals surface area contributed by atoms with Crippen LogP contribution in [0, 0.1) is 0 Å². The molecule has 1 atom stereocenters. The number of carbonyl (C=O) groups excluding carboxylic acids is 3. The molecular weight excluding hydrogens is 454 g/mol. The summed E-state index contributed by atoms with van der Waals surface area (Å²) in [6.07, 6.45) is -1.12. The number of benzene rings is 3. The van der Waals surface area contributed by atoms with Crippen LogP contribution in [0.4, 0.5) is 5.69 Å². The van der Waals surface area contributed by atoms with Crippen LogP contribution in [-0.4, -0.2) is 30.2 Å². The van der Waals surface area contributed by atoms with Crippen LogP contribution < -0.4 is 10.6 Å². The summed E-state index contributed by atoms with van der Waals surface area (Å²) in [6.45, 7) is 7.88. The van der Waals surface area contributed by atoms with E-state index in [1.807, 2.05) is 18.2 Å². The number of anilines is 1. The summed E-state index contributed by atoms with van der Waals surface area (Å²) in [5, 5.41) is 5.50. The van der Waals surface area contributed by atoms with E-state index in [2.05, 4.69) is 60.7 Å². The predicted octanol–water partition coefficient (Wildman–Crippen LogP) is 4.77. The van der Waals surface area contributed by atoms with Crippen molar-refractivity contribution in [2.45, 2.75) is 39.2 Å². The first-order valence-electron chi connectivity index (χ1n) is 11.7. The minimum absolute atomic E-state index is 0.0512. The number of hydrogen-bond donors (Lipinski definition) is 2. The molecule has 0 aromatic heterocycles. The predicted molar refractivity (Wildman–Crippen MR) is 140 cm³/mol. The van der Waals surface area contributed by atoms with Crippen LogP contribution in [-0.2, 0) is 24.5 Å². The monoisotopic (exact) mass is 483 g/mol. The van der Waals surface area contributed by atoms with Gasteiger partial charge in [-0.05, 0) is 52.4 Å². The third-order valence-electron chi connectivity index (χ3n) is 5.86. The normalized spacial score (nSPS) is 14.0. The van der Waals surface area contributed by atoms with Crippen molar-refractivity contribution in [3.63, 3.8) is 0 Å². The highest BCUT2D eigenvalue weighted by atomic mass is 16.5. The van der Waals surface area contributed by atoms with E-state index < -0.39 is 18.0 Å². The Morgan fingerprint density at radius 1 is 0.944 bits per heavy atom. The third-order valence-corrected chi connectivity index (χ3v) is 5.86. The van der Waals surface area contributed by atoms with Gasteiger partial charge in [0.2, 0.25) is 12.0 Å². The summed E-state index contributed by atoms with van der Waals surface area (Å²) < 4.78 is 5.42. The van der Waals surface area contributed by atoms with Gasteiger partial charge >= 0.3 is 5.97 Å². The van der Waals surface area contributed by atoms with Crippen molar-refractivity contribution in [1.29, 1.82) is 0 Å². The number of ether oxygens (including phenoxy) is 1. The van der Waals surface area contributed by atoms with Gasteiger partial charge < -0.3 is 15.4 Å². The molecule has 0 bridgehead atoms. The standard InChI is InChI=1S/C29H29N3O4/c1-18(33)36-26(28(35)31-24-14-10-20(11-15-24)27-30-17-25(34)32-27)22-7-5-6-21(16-22)19-8-12-23(13-9-19)29(2,3)4/h5-16,26H,17H2,1-4H3,(H,31,35)(H,30,32,34). The molecule has 3 aromatic carbocycles. The molecule has 1 unspecified atom stereocenters. The molecule has 0 saturated heterocycles. The summed E-state index contributed by atoms with van der Waals surface area (Å²) in [5.74, 6) is -0.674. The molecule has 7 heteroatoms. The van der Waals surface area contributed by atoms with Gasteiger partial charge in [0.05, 0.1) is 0 Å². The zero-order chi connectivity index (χ0) is 25.9. The van der Waals surface area contributed by atoms with Crippen molar-refractivity contribution in [1.82, 2.24) is 5.32 Å². The zero-order valence-corrected chi connectivity index (χ0v) is 20.8. The number of aliphatic imine (C=N–C) groups is 1. The summed E-state index contributed by atoms with van der Waals surface area (Å²) >= 11 is 0. The molecule has 1 aliphatic rings. The molecule has 184 valence electrons. The van der Waals surface area contributed by atoms with Crippen LogP contribution >= 0.6 is 0 Å². The maximum absolute atomic E-state index is 13.2. The number of rotatable bonds is 6. The number of amidine groups is 1. The molecule has 3 aromatic rings. The van der Waals surface area contributed by atoms with Crippen LogP contribution in [0.3, 0.4) is 0 Å². The van der Waals surface area contributed by atoms with Gasteiger partial charge in [-0.15, -0.1) is 0 Å². The summed E-state index contributed by atoms with van der Waals surface area (Å²) in [7, 11) is 0. The first-order valence-corrected chi connectivity index (χ1v) is 11.7. The van der Waals surface area contributed by atoms with Crippen LogP contribution in [0.2, 0.25) is 0 Å². The van der Waals surface area contributed by atoms with Crippen LogP contribution in [0.15, 0.2) is 77.8 Å². The van der Waals surface area contributed by atoms with E-state index in [0.29, 0.717) is 17.1 Å². The Balaban J connectivity index is 1.54. The fraction of sp³-hybridized carbons (Fsp3) is 0.241. The van der Waals surface area contributed by atoms with Gasteiger partial charge in [0, 0.05) is 23.7 Å². The Morgan fingerprint density at radius 3 is 2.19 bits per heavy atom. The highest BCUT2D eigenvalue weighted by molar-refractivity contribution is 6.12. The van der Waals surface area contributed by atoms with E-state index in [1.54, 1.807) is 30.3 Å². The van der Waals surface area contributed by atoms with Gasteiger partial charge in [-0.25, -0.2) is 0 Å². The Kier molecular flexibility index (Phi) is 7.01. The first-order chi connectivity index (χ1) is 17.1. The van der Waals surface area contributed by atoms with Crippen molar-refractivity contribution in [2.75, 3.05) is 11.9 Å². The average Bonchev–Trinajstić information content (AvgIpc) is 3.28. The topological polar surface area (TPSA) is 96.9 Å². The smallest absolute Gasteiger partial charge is 0.303 e. The van der Waals surface area contributed by atoms with Crippen LogP contribution in [0.25, 0.3) is 11.1 Å². The third kappa shape index (κ3) is 5.86. The van der Waals surface area contributed by atoms with Gasteiger partial charge in [-0.2, -0.15) is 0 Å². The van der Waals surface area contributed by atoms with Crippen molar-refractivity contribution in [3.8, 4) is 11.1 Å².